The van der Waals surface area contributed by atoms with E-state index in [-0.39, 0.29) is 23.9 Å². The van der Waals surface area contributed by atoms with Crippen LogP contribution in [0.4, 0.5) is 0 Å². The van der Waals surface area contributed by atoms with Gasteiger partial charge in [-0.1, -0.05) is 18.6 Å². The largest absolute Gasteiger partial charge is 0.373 e. The van der Waals surface area contributed by atoms with Crippen LogP contribution in [-0.4, -0.2) is 41.0 Å². The summed E-state index contributed by atoms with van der Waals surface area (Å²) in [5, 5.41) is 0. The predicted octanol–water partition coefficient (Wildman–Crippen LogP) is 3.01. The average Bonchev–Trinajstić information content (AvgIpc) is 3.06. The summed E-state index contributed by atoms with van der Waals surface area (Å²) in [6.07, 6.45) is 5.48. The Hall–Kier alpha value is -1.89. The second kappa shape index (κ2) is 8.23. The molecule has 1 aliphatic carbocycles. The number of hydrogen-bond acceptors (Lipinski definition) is 4. The van der Waals surface area contributed by atoms with Gasteiger partial charge in [0, 0.05) is 50.3 Å². The molecule has 3 N–H and O–H groups in total. The highest BCUT2D eigenvalue weighted by Crippen LogP contribution is 2.51. The number of carbonyl (C=O) groups excluding carboxylic acids is 1. The molecule has 152 valence electrons. The van der Waals surface area contributed by atoms with Crippen LogP contribution >= 0.6 is 12.4 Å². The zero-order chi connectivity index (χ0) is 19.0. The molecule has 0 radical (unpaired) electrons. The van der Waals surface area contributed by atoms with Gasteiger partial charge >= 0.3 is 0 Å². The van der Waals surface area contributed by atoms with Crippen LogP contribution in [0.1, 0.15) is 46.7 Å². The highest BCUT2D eigenvalue weighted by atomic mass is 35.5. The van der Waals surface area contributed by atoms with Crippen molar-refractivity contribution in [3.8, 4) is 0 Å². The average molecular weight is 405 g/mol. The minimum Gasteiger partial charge on any atom is -0.373 e. The molecule has 0 spiro atoms. The zero-order valence-electron chi connectivity index (χ0n) is 16.5. The molecule has 1 aromatic carbocycles. The number of aryl methyl sites for hydroxylation is 1. The number of carbonyl (C=O) groups is 1. The lowest BCUT2D eigenvalue weighted by molar-refractivity contribution is -0.170. The van der Waals surface area contributed by atoms with Gasteiger partial charge in [0.25, 0.3) is 0 Å². The molecular weight excluding hydrogens is 376 g/mol. The van der Waals surface area contributed by atoms with Crippen LogP contribution in [0.5, 0.6) is 0 Å². The number of aromatic amines is 1. The third-order valence-electron chi connectivity index (χ3n) is 6.36. The first-order chi connectivity index (χ1) is 13.0. The number of imidazole rings is 1. The van der Waals surface area contributed by atoms with Gasteiger partial charge in [-0.15, -0.1) is 12.4 Å². The highest BCUT2D eigenvalue weighted by Gasteiger charge is 2.53. The number of amides is 1. The topological polar surface area (TPSA) is 84.2 Å². The van der Waals surface area contributed by atoms with Gasteiger partial charge in [0.2, 0.25) is 5.91 Å². The van der Waals surface area contributed by atoms with Crippen molar-refractivity contribution in [3.63, 3.8) is 0 Å². The molecule has 1 aliphatic heterocycles. The summed E-state index contributed by atoms with van der Waals surface area (Å²) in [6.45, 7) is 4.78. The van der Waals surface area contributed by atoms with Gasteiger partial charge in [0.05, 0.1) is 5.69 Å². The van der Waals surface area contributed by atoms with E-state index >= 15 is 0 Å². The molecule has 2 aliphatic rings. The van der Waals surface area contributed by atoms with Gasteiger partial charge in [-0.2, -0.15) is 0 Å². The van der Waals surface area contributed by atoms with E-state index < -0.39 is 0 Å². The second-order valence-electron chi connectivity index (χ2n) is 7.94. The molecule has 1 aromatic heterocycles. The van der Waals surface area contributed by atoms with Gasteiger partial charge in [-0.3, -0.25) is 9.69 Å². The van der Waals surface area contributed by atoms with Crippen molar-refractivity contribution in [1.82, 2.24) is 14.9 Å². The van der Waals surface area contributed by atoms with Crippen LogP contribution in [-0.2, 0) is 16.9 Å². The number of benzene rings is 1. The van der Waals surface area contributed by atoms with Crippen LogP contribution in [0.3, 0.4) is 0 Å². The Morgan fingerprint density at radius 1 is 1.36 bits per heavy atom. The minimum absolute atomic E-state index is 0. The number of aromatic nitrogens is 2. The summed E-state index contributed by atoms with van der Waals surface area (Å²) in [4.78, 5) is 21.9. The van der Waals surface area contributed by atoms with Crippen LogP contribution in [0.2, 0.25) is 0 Å². The van der Waals surface area contributed by atoms with E-state index in [0.29, 0.717) is 17.4 Å². The van der Waals surface area contributed by atoms with Crippen LogP contribution in [0, 0.1) is 18.8 Å². The molecule has 1 saturated heterocycles. The van der Waals surface area contributed by atoms with E-state index in [0.717, 1.165) is 49.6 Å². The summed E-state index contributed by atoms with van der Waals surface area (Å²) >= 11 is 0. The number of likely N-dealkylation sites (tertiary alicyclic amines) is 1. The van der Waals surface area contributed by atoms with Crippen LogP contribution in [0.25, 0.3) is 0 Å². The molecule has 4 rings (SSSR count). The summed E-state index contributed by atoms with van der Waals surface area (Å²) in [5.74, 6) is 1.34. The first-order valence-electron chi connectivity index (χ1n) is 9.71. The summed E-state index contributed by atoms with van der Waals surface area (Å²) < 4.78 is 6.27. The quantitative estimate of drug-likeness (QED) is 0.802. The molecule has 28 heavy (non-hydrogen) atoms. The van der Waals surface area contributed by atoms with Crippen LogP contribution < -0.4 is 5.73 Å². The number of piperidine rings is 1. The Morgan fingerprint density at radius 2 is 2.07 bits per heavy atom. The molecule has 1 saturated carbocycles. The molecule has 2 heterocycles. The predicted molar refractivity (Wildman–Crippen MR) is 110 cm³/mol. The Morgan fingerprint density at radius 3 is 2.64 bits per heavy atom. The van der Waals surface area contributed by atoms with E-state index in [1.807, 2.05) is 32.4 Å². The number of H-pyrrole nitrogens is 1. The number of halogens is 1. The van der Waals surface area contributed by atoms with E-state index in [1.165, 1.54) is 6.42 Å². The first-order valence-corrected chi connectivity index (χ1v) is 9.71. The van der Waals surface area contributed by atoms with Gasteiger partial charge in [0.1, 0.15) is 11.4 Å². The van der Waals surface area contributed by atoms with Gasteiger partial charge in [-0.25, -0.2) is 4.98 Å². The minimum atomic E-state index is -0.389. The third kappa shape index (κ3) is 3.56. The number of fused-ring (bicyclic) bond motifs is 2. The first kappa shape index (κ1) is 20.8. The van der Waals surface area contributed by atoms with E-state index in [2.05, 4.69) is 20.9 Å². The SMILES string of the molecule is COC1(c2cccc(C(N)=O)c2)[C@@H]2CCC[C@H]1CN(Cc1c[nH]c(C)n1)C2.Cl. The van der Waals surface area contributed by atoms with Crippen molar-refractivity contribution in [1.29, 1.82) is 0 Å². The van der Waals surface area contributed by atoms with E-state index in [1.54, 1.807) is 6.07 Å². The number of ether oxygens (including phenoxy) is 1. The number of rotatable bonds is 5. The van der Waals surface area contributed by atoms with Crippen molar-refractivity contribution in [2.45, 2.75) is 38.3 Å². The molecule has 1 unspecified atom stereocenters. The van der Waals surface area contributed by atoms with Crippen LogP contribution in [0.15, 0.2) is 30.5 Å². The van der Waals surface area contributed by atoms with Crippen molar-refractivity contribution in [2.24, 2.45) is 17.6 Å². The Balaban J connectivity index is 0.00000225. The lowest BCUT2D eigenvalue weighted by Gasteiger charge is -2.55. The van der Waals surface area contributed by atoms with Crippen molar-refractivity contribution in [2.75, 3.05) is 20.2 Å². The fourth-order valence-corrected chi connectivity index (χ4v) is 5.27. The monoisotopic (exact) mass is 404 g/mol. The van der Waals surface area contributed by atoms with E-state index in [9.17, 15) is 4.79 Å². The Labute approximate surface area is 172 Å². The summed E-state index contributed by atoms with van der Waals surface area (Å²) in [6, 6.07) is 7.72. The van der Waals surface area contributed by atoms with Gasteiger partial charge < -0.3 is 15.5 Å². The molecule has 6 nitrogen and oxygen atoms in total. The number of nitrogens with zero attached hydrogens (tertiary/aromatic N) is 2. The van der Waals surface area contributed by atoms with Crippen molar-refractivity contribution in [3.05, 3.63) is 53.1 Å². The highest BCUT2D eigenvalue weighted by molar-refractivity contribution is 5.92. The Kier molecular flexibility index (Phi) is 6.12. The number of methoxy groups -OCH3 is 1. The summed E-state index contributed by atoms with van der Waals surface area (Å²) in [5.41, 5.74) is 7.91. The smallest absolute Gasteiger partial charge is 0.248 e. The second-order valence-corrected chi connectivity index (χ2v) is 7.94. The number of primary amides is 1. The number of nitrogens with one attached hydrogen (secondary N) is 1. The molecular formula is C21H29ClN4O2. The lowest BCUT2D eigenvalue weighted by atomic mass is 9.62. The van der Waals surface area contributed by atoms with E-state index in [4.69, 9.17) is 10.5 Å². The Bertz CT molecular complexity index is 823. The maximum absolute atomic E-state index is 11.7. The van der Waals surface area contributed by atoms with Gasteiger partial charge in [-0.05, 0) is 37.5 Å². The third-order valence-corrected chi connectivity index (χ3v) is 6.36. The number of nitrogens with two attached hydrogens (primary N) is 1. The summed E-state index contributed by atoms with van der Waals surface area (Å²) in [7, 11) is 1.81. The van der Waals surface area contributed by atoms with Crippen molar-refractivity contribution < 1.29 is 9.53 Å². The lowest BCUT2D eigenvalue weighted by Crippen LogP contribution is -2.58. The molecule has 7 heteroatoms. The fraction of sp³-hybridized carbons (Fsp3) is 0.524. The molecule has 1 amide bonds. The fourth-order valence-electron chi connectivity index (χ4n) is 5.27. The molecule has 2 aromatic rings. The molecule has 3 atom stereocenters. The maximum atomic E-state index is 11.7. The molecule has 2 bridgehead atoms. The zero-order valence-corrected chi connectivity index (χ0v) is 17.3. The van der Waals surface area contributed by atoms with Crippen molar-refractivity contribution >= 4 is 18.3 Å². The standard InChI is InChI=1S/C21H28N4O2.ClH/c1-14-23-10-19(24-14)13-25-11-17-7-4-8-18(12-25)21(17,27-2)16-6-3-5-15(9-16)20(22)26;/h3,5-6,9-10,17-18H,4,7-8,11-13H2,1-2H3,(H2,22,26)(H,23,24);1H/t17-,18+,21?;. The normalized spacial score (nSPS) is 27.2. The van der Waals surface area contributed by atoms with Gasteiger partial charge in [0.15, 0.2) is 0 Å². The maximum Gasteiger partial charge on any atom is 0.248 e. The molecule has 2 fully saturated rings. The number of hydrogen-bond donors (Lipinski definition) is 2.